The summed E-state index contributed by atoms with van der Waals surface area (Å²) in [7, 11) is 7.50. The van der Waals surface area contributed by atoms with Crippen LogP contribution >= 0.6 is 0 Å². The van der Waals surface area contributed by atoms with E-state index in [1.54, 1.807) is 19.0 Å². The highest BCUT2D eigenvalue weighted by molar-refractivity contribution is 5.86. The molecule has 0 aliphatic heterocycles. The highest BCUT2D eigenvalue weighted by atomic mass is 16.2. The number of likely N-dealkylation sites (N-methyl/N-ethyl adjacent to an activating group) is 1. The van der Waals surface area contributed by atoms with Crippen molar-refractivity contribution >= 4 is 17.6 Å². The summed E-state index contributed by atoms with van der Waals surface area (Å²) < 4.78 is 0. The maximum absolute atomic E-state index is 11.6. The van der Waals surface area contributed by atoms with Crippen LogP contribution in [0.4, 0.5) is 5.69 Å². The van der Waals surface area contributed by atoms with E-state index in [-0.39, 0.29) is 12.5 Å². The van der Waals surface area contributed by atoms with Crippen LogP contribution in [0, 0.1) is 0 Å². The maximum atomic E-state index is 11.6. The Balaban J connectivity index is 2.69. The highest BCUT2D eigenvalue weighted by Gasteiger charge is 2.05. The van der Waals surface area contributed by atoms with Gasteiger partial charge in [0.05, 0.1) is 13.1 Å². The van der Waals surface area contributed by atoms with Crippen molar-refractivity contribution in [1.82, 2.24) is 15.5 Å². The molecule has 0 aromatic heterocycles. The molecule has 0 saturated heterocycles. The summed E-state index contributed by atoms with van der Waals surface area (Å²) in [6.07, 6.45) is 0. The Bertz CT molecular complexity index is 511. The maximum Gasteiger partial charge on any atom is 0.241 e. The van der Waals surface area contributed by atoms with Crippen LogP contribution < -0.4 is 15.5 Å². The molecule has 6 heteroatoms. The average Bonchev–Trinajstić information content (AvgIpc) is 2.49. The molecule has 0 unspecified atom stereocenters. The number of hydrogen-bond acceptors (Lipinski definition) is 3. The molecule has 0 aliphatic rings. The van der Waals surface area contributed by atoms with Gasteiger partial charge in [0.2, 0.25) is 5.91 Å². The van der Waals surface area contributed by atoms with E-state index in [2.05, 4.69) is 32.7 Å². The van der Waals surface area contributed by atoms with E-state index in [1.807, 2.05) is 33.2 Å². The SMILES string of the molecule is CCNC(=NCc1cccc(N(C)C)c1)NCC(=O)N(C)C. The van der Waals surface area contributed by atoms with Gasteiger partial charge in [-0.2, -0.15) is 0 Å². The minimum Gasteiger partial charge on any atom is -0.378 e. The Kier molecular flexibility index (Phi) is 7.22. The van der Waals surface area contributed by atoms with Gasteiger partial charge in [-0.15, -0.1) is 0 Å². The lowest BCUT2D eigenvalue weighted by molar-refractivity contribution is -0.127. The Morgan fingerprint density at radius 1 is 1.18 bits per heavy atom. The number of aliphatic imine (C=N–C) groups is 1. The molecule has 0 radical (unpaired) electrons. The number of hydrogen-bond donors (Lipinski definition) is 2. The summed E-state index contributed by atoms with van der Waals surface area (Å²) in [5, 5.41) is 6.19. The molecule has 0 fully saturated rings. The Labute approximate surface area is 133 Å². The first-order valence-electron chi connectivity index (χ1n) is 7.42. The molecule has 1 amide bonds. The normalized spacial score (nSPS) is 11.0. The zero-order valence-corrected chi connectivity index (χ0v) is 14.2. The molecule has 0 aliphatic carbocycles. The molecular formula is C16H27N5O. The first kappa shape index (κ1) is 17.8. The number of rotatable bonds is 6. The molecule has 1 aromatic carbocycles. The molecule has 22 heavy (non-hydrogen) atoms. The topological polar surface area (TPSA) is 60.0 Å². The van der Waals surface area contributed by atoms with E-state index in [0.717, 1.165) is 17.8 Å². The van der Waals surface area contributed by atoms with Crippen LogP contribution in [0.15, 0.2) is 29.3 Å². The molecule has 0 spiro atoms. The molecule has 0 heterocycles. The summed E-state index contributed by atoms with van der Waals surface area (Å²) in [5.74, 6) is 0.660. The predicted octanol–water partition coefficient (Wildman–Crippen LogP) is 0.896. The number of carbonyl (C=O) groups excluding carboxylic acids is 1. The average molecular weight is 305 g/mol. The fraction of sp³-hybridized carbons (Fsp3) is 0.500. The van der Waals surface area contributed by atoms with Crippen molar-refractivity contribution in [2.45, 2.75) is 13.5 Å². The van der Waals surface area contributed by atoms with Crippen molar-refractivity contribution in [3.8, 4) is 0 Å². The second-order valence-corrected chi connectivity index (χ2v) is 5.40. The largest absolute Gasteiger partial charge is 0.378 e. The van der Waals surface area contributed by atoms with Crippen molar-refractivity contribution in [2.75, 3.05) is 46.2 Å². The molecule has 6 nitrogen and oxygen atoms in total. The molecule has 0 atom stereocenters. The number of anilines is 1. The van der Waals surface area contributed by atoms with Crippen LogP contribution in [0.1, 0.15) is 12.5 Å². The second-order valence-electron chi connectivity index (χ2n) is 5.40. The standard InChI is InChI=1S/C16H27N5O/c1-6-17-16(19-12-15(22)21(4)5)18-11-13-8-7-9-14(10-13)20(2)3/h7-10H,6,11-12H2,1-5H3,(H2,17,18,19). The van der Waals surface area contributed by atoms with E-state index in [9.17, 15) is 4.79 Å². The predicted molar refractivity (Wildman–Crippen MR) is 92.3 cm³/mol. The Morgan fingerprint density at radius 3 is 2.50 bits per heavy atom. The number of benzene rings is 1. The molecular weight excluding hydrogens is 278 g/mol. The van der Waals surface area contributed by atoms with Crippen molar-refractivity contribution < 1.29 is 4.79 Å². The summed E-state index contributed by atoms with van der Waals surface area (Å²) in [6, 6.07) is 8.24. The Hall–Kier alpha value is -2.24. The number of nitrogens with zero attached hydrogens (tertiary/aromatic N) is 3. The third-order valence-electron chi connectivity index (χ3n) is 3.10. The van der Waals surface area contributed by atoms with Crippen LogP contribution in [-0.4, -0.2) is 58.0 Å². The van der Waals surface area contributed by atoms with E-state index in [0.29, 0.717) is 12.5 Å². The summed E-state index contributed by atoms with van der Waals surface area (Å²) >= 11 is 0. The van der Waals surface area contributed by atoms with Crippen LogP contribution in [0.3, 0.4) is 0 Å². The monoisotopic (exact) mass is 305 g/mol. The van der Waals surface area contributed by atoms with Gasteiger partial charge >= 0.3 is 0 Å². The van der Waals surface area contributed by atoms with Crippen molar-refractivity contribution in [2.24, 2.45) is 4.99 Å². The van der Waals surface area contributed by atoms with E-state index in [4.69, 9.17) is 0 Å². The van der Waals surface area contributed by atoms with Crippen LogP contribution in [0.5, 0.6) is 0 Å². The van der Waals surface area contributed by atoms with E-state index in [1.165, 1.54) is 0 Å². The lowest BCUT2D eigenvalue weighted by Gasteiger charge is -2.15. The summed E-state index contributed by atoms with van der Waals surface area (Å²) in [6.45, 7) is 3.54. The zero-order valence-electron chi connectivity index (χ0n) is 14.2. The van der Waals surface area contributed by atoms with Crippen molar-refractivity contribution in [1.29, 1.82) is 0 Å². The van der Waals surface area contributed by atoms with Gasteiger partial charge in [0.25, 0.3) is 0 Å². The highest BCUT2D eigenvalue weighted by Crippen LogP contribution is 2.13. The minimum atomic E-state index is 0.0141. The summed E-state index contributed by atoms with van der Waals surface area (Å²) in [4.78, 5) is 19.8. The third-order valence-corrected chi connectivity index (χ3v) is 3.10. The molecule has 1 aromatic rings. The number of nitrogens with one attached hydrogen (secondary N) is 2. The third kappa shape index (κ3) is 6.03. The number of carbonyl (C=O) groups is 1. The van der Waals surface area contributed by atoms with Gasteiger partial charge < -0.3 is 20.4 Å². The lowest BCUT2D eigenvalue weighted by atomic mass is 10.2. The van der Waals surface area contributed by atoms with Gasteiger partial charge in [-0.05, 0) is 24.6 Å². The first-order valence-corrected chi connectivity index (χ1v) is 7.42. The molecule has 1 rings (SSSR count). The fourth-order valence-electron chi connectivity index (χ4n) is 1.76. The minimum absolute atomic E-state index is 0.0141. The van der Waals surface area contributed by atoms with Gasteiger partial charge in [-0.25, -0.2) is 4.99 Å². The molecule has 2 N–H and O–H groups in total. The van der Waals surface area contributed by atoms with Gasteiger partial charge in [-0.3, -0.25) is 4.79 Å². The lowest BCUT2D eigenvalue weighted by Crippen LogP contribution is -2.42. The summed E-state index contributed by atoms with van der Waals surface area (Å²) in [5.41, 5.74) is 2.27. The molecule has 122 valence electrons. The van der Waals surface area contributed by atoms with E-state index < -0.39 is 0 Å². The Morgan fingerprint density at radius 2 is 1.91 bits per heavy atom. The van der Waals surface area contributed by atoms with Crippen LogP contribution in [-0.2, 0) is 11.3 Å². The van der Waals surface area contributed by atoms with Gasteiger partial charge in [0.1, 0.15) is 0 Å². The second kappa shape index (κ2) is 8.92. The van der Waals surface area contributed by atoms with E-state index >= 15 is 0 Å². The quantitative estimate of drug-likeness (QED) is 0.605. The molecule has 0 saturated carbocycles. The number of amides is 1. The van der Waals surface area contributed by atoms with Crippen molar-refractivity contribution in [3.05, 3.63) is 29.8 Å². The number of guanidine groups is 1. The van der Waals surface area contributed by atoms with Crippen molar-refractivity contribution in [3.63, 3.8) is 0 Å². The first-order chi connectivity index (χ1) is 10.4. The fourth-order valence-corrected chi connectivity index (χ4v) is 1.76. The zero-order chi connectivity index (χ0) is 16.5. The van der Waals surface area contributed by atoms with Gasteiger partial charge in [0.15, 0.2) is 5.96 Å². The smallest absolute Gasteiger partial charge is 0.241 e. The molecule has 0 bridgehead atoms. The van der Waals surface area contributed by atoms with Crippen LogP contribution in [0.2, 0.25) is 0 Å². The van der Waals surface area contributed by atoms with Gasteiger partial charge in [0, 0.05) is 40.4 Å². The van der Waals surface area contributed by atoms with Crippen LogP contribution in [0.25, 0.3) is 0 Å². The van der Waals surface area contributed by atoms with Gasteiger partial charge in [-0.1, -0.05) is 12.1 Å².